The highest BCUT2D eigenvalue weighted by Gasteiger charge is 2.26. The van der Waals surface area contributed by atoms with Gasteiger partial charge in [0.15, 0.2) is 0 Å². The summed E-state index contributed by atoms with van der Waals surface area (Å²) in [5.74, 6) is 1.14. The lowest BCUT2D eigenvalue weighted by Crippen LogP contribution is -2.34. The van der Waals surface area contributed by atoms with Gasteiger partial charge in [-0.25, -0.2) is 14.6 Å². The normalized spacial score (nSPS) is 13.7. The van der Waals surface area contributed by atoms with E-state index in [0.717, 1.165) is 40.2 Å². The van der Waals surface area contributed by atoms with Crippen LogP contribution in [0.4, 0.5) is 0 Å². The van der Waals surface area contributed by atoms with E-state index >= 15 is 0 Å². The summed E-state index contributed by atoms with van der Waals surface area (Å²) < 4.78 is 1.15. The monoisotopic (exact) mass is 391 g/mol. The van der Waals surface area contributed by atoms with Gasteiger partial charge in [0.2, 0.25) is 5.91 Å². The molecule has 3 heterocycles. The SMILES string of the molecule is O=C(Cc1cnc(C2CC2)[nH]1)Nn1cnc2scc(-c3ccccc3)c2c1=O. The first-order valence-electron chi connectivity index (χ1n) is 9.07. The number of aromatic amines is 1. The van der Waals surface area contributed by atoms with E-state index in [-0.39, 0.29) is 17.9 Å². The van der Waals surface area contributed by atoms with Crippen molar-refractivity contribution in [3.05, 3.63) is 70.1 Å². The van der Waals surface area contributed by atoms with Gasteiger partial charge in [0.05, 0.1) is 11.8 Å². The molecule has 0 aliphatic heterocycles. The molecule has 1 saturated carbocycles. The summed E-state index contributed by atoms with van der Waals surface area (Å²) in [6.07, 6.45) is 5.45. The van der Waals surface area contributed by atoms with E-state index in [0.29, 0.717) is 16.1 Å². The average Bonchev–Trinajstić information content (AvgIpc) is 3.29. The van der Waals surface area contributed by atoms with Gasteiger partial charge in [-0.05, 0) is 18.4 Å². The molecule has 0 saturated heterocycles. The molecular formula is C20H17N5O2S. The molecular weight excluding hydrogens is 374 g/mol. The quantitative estimate of drug-likeness (QED) is 0.547. The Morgan fingerprint density at radius 3 is 2.86 bits per heavy atom. The lowest BCUT2D eigenvalue weighted by Gasteiger charge is -2.07. The number of H-pyrrole nitrogens is 1. The number of carbonyl (C=O) groups excluding carboxylic acids is 1. The summed E-state index contributed by atoms with van der Waals surface area (Å²) in [5, 5.41) is 2.43. The molecule has 3 aromatic heterocycles. The first-order chi connectivity index (χ1) is 13.7. The highest BCUT2D eigenvalue weighted by molar-refractivity contribution is 7.17. The maximum atomic E-state index is 13.0. The summed E-state index contributed by atoms with van der Waals surface area (Å²) in [6.45, 7) is 0. The number of carbonyl (C=O) groups is 1. The van der Waals surface area contributed by atoms with Gasteiger partial charge in [-0.3, -0.25) is 15.0 Å². The number of thiophene rings is 1. The maximum absolute atomic E-state index is 13.0. The average molecular weight is 391 g/mol. The molecule has 140 valence electrons. The van der Waals surface area contributed by atoms with Crippen LogP contribution in [0.15, 0.2) is 53.0 Å². The van der Waals surface area contributed by atoms with Crippen LogP contribution in [0.5, 0.6) is 0 Å². The molecule has 5 rings (SSSR count). The predicted octanol–water partition coefficient (Wildman–Crippen LogP) is 3.04. The van der Waals surface area contributed by atoms with Crippen LogP contribution in [0.1, 0.15) is 30.3 Å². The fourth-order valence-electron chi connectivity index (χ4n) is 3.22. The molecule has 7 nitrogen and oxygen atoms in total. The Labute approximate surface area is 164 Å². The van der Waals surface area contributed by atoms with Crippen molar-refractivity contribution >= 4 is 27.5 Å². The Bertz CT molecular complexity index is 1220. The number of nitrogens with zero attached hydrogens (tertiary/aromatic N) is 3. The van der Waals surface area contributed by atoms with E-state index in [1.165, 1.54) is 17.7 Å². The second-order valence-electron chi connectivity index (χ2n) is 6.89. The van der Waals surface area contributed by atoms with Crippen molar-refractivity contribution in [2.24, 2.45) is 0 Å². The lowest BCUT2D eigenvalue weighted by molar-refractivity contribution is -0.116. The van der Waals surface area contributed by atoms with E-state index in [1.54, 1.807) is 6.20 Å². The van der Waals surface area contributed by atoms with Crippen molar-refractivity contribution in [3.63, 3.8) is 0 Å². The smallest absolute Gasteiger partial charge is 0.281 e. The van der Waals surface area contributed by atoms with Gasteiger partial charge in [0.25, 0.3) is 5.56 Å². The van der Waals surface area contributed by atoms with Gasteiger partial charge in [-0.2, -0.15) is 0 Å². The lowest BCUT2D eigenvalue weighted by atomic mass is 10.1. The van der Waals surface area contributed by atoms with Gasteiger partial charge in [0.1, 0.15) is 17.0 Å². The first-order valence-corrected chi connectivity index (χ1v) is 9.95. The molecule has 0 bridgehead atoms. The minimum Gasteiger partial charge on any atom is -0.345 e. The zero-order chi connectivity index (χ0) is 19.1. The van der Waals surface area contributed by atoms with E-state index < -0.39 is 0 Å². The van der Waals surface area contributed by atoms with E-state index in [2.05, 4.69) is 20.4 Å². The minimum absolute atomic E-state index is 0.124. The molecule has 1 amide bonds. The van der Waals surface area contributed by atoms with Gasteiger partial charge >= 0.3 is 0 Å². The Morgan fingerprint density at radius 2 is 2.07 bits per heavy atom. The van der Waals surface area contributed by atoms with E-state index in [9.17, 15) is 9.59 Å². The summed E-state index contributed by atoms with van der Waals surface area (Å²) >= 11 is 1.41. The van der Waals surface area contributed by atoms with Crippen LogP contribution in [0, 0.1) is 0 Å². The zero-order valence-corrected chi connectivity index (χ0v) is 15.7. The number of benzene rings is 1. The van der Waals surface area contributed by atoms with Crippen LogP contribution in [0.2, 0.25) is 0 Å². The largest absolute Gasteiger partial charge is 0.345 e. The fraction of sp³-hybridized carbons (Fsp3) is 0.200. The highest BCUT2D eigenvalue weighted by atomic mass is 32.1. The Kier molecular flexibility index (Phi) is 4.05. The van der Waals surface area contributed by atoms with Crippen molar-refractivity contribution in [1.82, 2.24) is 19.6 Å². The molecule has 8 heteroatoms. The van der Waals surface area contributed by atoms with Gasteiger partial charge < -0.3 is 4.98 Å². The second kappa shape index (κ2) is 6.72. The molecule has 28 heavy (non-hydrogen) atoms. The topological polar surface area (TPSA) is 92.7 Å². The summed E-state index contributed by atoms with van der Waals surface area (Å²) in [4.78, 5) is 37.9. The highest BCUT2D eigenvalue weighted by Crippen LogP contribution is 2.38. The maximum Gasteiger partial charge on any atom is 0.281 e. The number of amides is 1. The summed E-state index contributed by atoms with van der Waals surface area (Å²) in [7, 11) is 0. The molecule has 1 aromatic carbocycles. The van der Waals surface area contributed by atoms with Gasteiger partial charge in [-0.1, -0.05) is 30.3 Å². The Hall–Kier alpha value is -3.26. The van der Waals surface area contributed by atoms with Crippen molar-refractivity contribution < 1.29 is 4.79 Å². The van der Waals surface area contributed by atoms with E-state index in [4.69, 9.17) is 0 Å². The van der Waals surface area contributed by atoms with Crippen LogP contribution < -0.4 is 11.0 Å². The molecule has 1 fully saturated rings. The standard InChI is InChI=1S/C20H17N5O2S/c26-16(8-14-9-21-18(23-14)13-6-7-13)24-25-11-22-19-17(20(25)27)15(10-28-19)12-4-2-1-3-5-12/h1-5,9-11,13H,6-8H2,(H,21,23)(H,24,26). The van der Waals surface area contributed by atoms with Crippen molar-refractivity contribution in [2.45, 2.75) is 25.2 Å². The third kappa shape index (κ3) is 3.11. The number of hydrogen-bond acceptors (Lipinski definition) is 5. The third-order valence-electron chi connectivity index (χ3n) is 4.79. The number of aromatic nitrogens is 4. The third-order valence-corrected chi connectivity index (χ3v) is 5.67. The summed E-state index contributed by atoms with van der Waals surface area (Å²) in [6, 6.07) is 9.68. The van der Waals surface area contributed by atoms with Crippen LogP contribution in [-0.2, 0) is 11.2 Å². The van der Waals surface area contributed by atoms with Crippen LogP contribution in [0.25, 0.3) is 21.3 Å². The number of imidazole rings is 1. The van der Waals surface area contributed by atoms with Crippen molar-refractivity contribution in [2.75, 3.05) is 5.43 Å². The Morgan fingerprint density at radius 1 is 1.25 bits per heavy atom. The molecule has 4 aromatic rings. The molecule has 0 spiro atoms. The fourth-order valence-corrected chi connectivity index (χ4v) is 4.13. The van der Waals surface area contributed by atoms with Crippen LogP contribution >= 0.6 is 11.3 Å². The number of nitrogens with one attached hydrogen (secondary N) is 2. The van der Waals surface area contributed by atoms with Crippen LogP contribution in [0.3, 0.4) is 0 Å². The van der Waals surface area contributed by atoms with E-state index in [1.807, 2.05) is 35.7 Å². The predicted molar refractivity (Wildman–Crippen MR) is 108 cm³/mol. The zero-order valence-electron chi connectivity index (χ0n) is 14.9. The van der Waals surface area contributed by atoms with Crippen LogP contribution in [-0.4, -0.2) is 25.5 Å². The van der Waals surface area contributed by atoms with Crippen molar-refractivity contribution in [3.8, 4) is 11.1 Å². The molecule has 1 aliphatic rings. The van der Waals surface area contributed by atoms with Gasteiger partial charge in [0, 0.05) is 28.8 Å². The number of hydrogen-bond donors (Lipinski definition) is 2. The molecule has 0 unspecified atom stereocenters. The van der Waals surface area contributed by atoms with Gasteiger partial charge in [-0.15, -0.1) is 11.3 Å². The molecule has 2 N–H and O–H groups in total. The molecule has 0 atom stereocenters. The Balaban J connectivity index is 1.41. The minimum atomic E-state index is -0.300. The second-order valence-corrected chi connectivity index (χ2v) is 7.75. The summed E-state index contributed by atoms with van der Waals surface area (Å²) in [5.41, 5.74) is 4.85. The molecule has 0 radical (unpaired) electrons. The number of rotatable bonds is 5. The van der Waals surface area contributed by atoms with Crippen molar-refractivity contribution in [1.29, 1.82) is 0 Å². The first kappa shape index (κ1) is 16.9. The number of fused-ring (bicyclic) bond motifs is 1. The molecule has 1 aliphatic carbocycles.